The molecule has 3 aromatic rings. The summed E-state index contributed by atoms with van der Waals surface area (Å²) >= 11 is 0. The van der Waals surface area contributed by atoms with Crippen LogP contribution in [0, 0.1) is 28.4 Å². The van der Waals surface area contributed by atoms with E-state index in [1.165, 1.54) is 46.4 Å². The summed E-state index contributed by atoms with van der Waals surface area (Å²) in [7, 11) is 1.54. The van der Waals surface area contributed by atoms with Gasteiger partial charge in [-0.1, -0.05) is 30.9 Å². The number of hydrogen-bond acceptors (Lipinski definition) is 7. The molecule has 11 nitrogen and oxygen atoms in total. The Kier molecular flexibility index (Phi) is 8.38. The van der Waals surface area contributed by atoms with Crippen molar-refractivity contribution in [2.75, 3.05) is 13.7 Å². The average Bonchev–Trinajstić information content (AvgIpc) is 2.85. The lowest BCUT2D eigenvalue weighted by Gasteiger charge is -2.14. The maximum Gasteiger partial charge on any atom is 0.267 e. The first kappa shape index (κ1) is 25.9. The fraction of sp³-hybridized carbons (Fsp3) is 0.240. The van der Waals surface area contributed by atoms with Gasteiger partial charge in [0.2, 0.25) is 0 Å². The highest BCUT2D eigenvalue weighted by Crippen LogP contribution is 2.13. The second-order valence-electron chi connectivity index (χ2n) is 7.75. The normalized spacial score (nSPS) is 12.4. The molecular weight excluding hydrogens is 464 g/mol. The van der Waals surface area contributed by atoms with Gasteiger partial charge >= 0.3 is 0 Å². The summed E-state index contributed by atoms with van der Waals surface area (Å²) in [6.07, 6.45) is 6.98. The summed E-state index contributed by atoms with van der Waals surface area (Å²) in [4.78, 5) is 45.5. The first-order valence-corrected chi connectivity index (χ1v) is 11.0. The van der Waals surface area contributed by atoms with Crippen LogP contribution in [0.2, 0.25) is 0 Å². The maximum atomic E-state index is 13.3. The van der Waals surface area contributed by atoms with Crippen LogP contribution in [0.1, 0.15) is 24.0 Å². The molecule has 0 bridgehead atoms. The van der Waals surface area contributed by atoms with Crippen molar-refractivity contribution < 1.29 is 14.5 Å². The number of aryl methyl sites for hydroxylation is 2. The first-order chi connectivity index (χ1) is 17.3. The molecule has 0 fully saturated rings. The summed E-state index contributed by atoms with van der Waals surface area (Å²) < 4.78 is 8.05. The van der Waals surface area contributed by atoms with Crippen LogP contribution in [-0.4, -0.2) is 38.5 Å². The molecule has 36 heavy (non-hydrogen) atoms. The van der Waals surface area contributed by atoms with Gasteiger partial charge in [0.15, 0.2) is 5.49 Å². The number of methoxy groups -OCH3 is 1. The minimum atomic E-state index is -0.824. The third kappa shape index (κ3) is 5.51. The fourth-order valence-electron chi connectivity index (χ4n) is 3.61. The number of nitrogens with zero attached hydrogens (tertiary/aromatic N) is 6. The number of pyridine rings is 2. The number of ether oxygens (including phenoxy) is 1. The third-order valence-corrected chi connectivity index (χ3v) is 5.29. The van der Waals surface area contributed by atoms with E-state index >= 15 is 0 Å². The summed E-state index contributed by atoms with van der Waals surface area (Å²) in [5, 5.41) is 21.4. The molecule has 3 aromatic heterocycles. The van der Waals surface area contributed by atoms with Crippen molar-refractivity contribution in [3.8, 4) is 6.07 Å². The van der Waals surface area contributed by atoms with Crippen LogP contribution < -0.4 is 11.0 Å². The average molecular weight is 489 g/mol. The molecule has 0 aliphatic rings. The smallest absolute Gasteiger partial charge is 0.267 e. The molecule has 0 saturated carbocycles. The molecule has 0 aliphatic heterocycles. The van der Waals surface area contributed by atoms with Crippen molar-refractivity contribution >= 4 is 22.6 Å². The van der Waals surface area contributed by atoms with Crippen molar-refractivity contribution in [2.24, 2.45) is 4.99 Å². The molecule has 1 amide bonds. The SMILES string of the molecule is C=C/C=C/C=C(/CC(=O)N=c1c(C#N)cc2c(=O)n3cccc(C)c3nc2n1CCCOC)[N+](=O)[O-]. The molecule has 0 unspecified atom stereocenters. The zero-order valence-corrected chi connectivity index (χ0v) is 19.9. The van der Waals surface area contributed by atoms with E-state index in [1.54, 1.807) is 12.3 Å². The van der Waals surface area contributed by atoms with E-state index in [9.17, 15) is 25.0 Å². The number of allylic oxidation sites excluding steroid dienone is 4. The lowest BCUT2D eigenvalue weighted by atomic mass is 10.2. The second kappa shape index (κ2) is 11.6. The zero-order chi connectivity index (χ0) is 26.2. The van der Waals surface area contributed by atoms with Gasteiger partial charge in [-0.3, -0.25) is 24.1 Å². The molecule has 0 spiro atoms. The highest BCUT2D eigenvalue weighted by atomic mass is 16.6. The molecule has 3 heterocycles. The van der Waals surface area contributed by atoms with Crippen LogP contribution in [0.4, 0.5) is 0 Å². The van der Waals surface area contributed by atoms with Crippen LogP contribution in [-0.2, 0) is 16.1 Å². The Balaban J connectivity index is 2.30. The van der Waals surface area contributed by atoms with Gasteiger partial charge in [-0.05, 0) is 31.0 Å². The highest BCUT2D eigenvalue weighted by molar-refractivity contribution is 5.81. The maximum absolute atomic E-state index is 13.3. The zero-order valence-electron chi connectivity index (χ0n) is 19.9. The molecule has 0 radical (unpaired) electrons. The van der Waals surface area contributed by atoms with Crippen LogP contribution in [0.3, 0.4) is 0 Å². The minimum absolute atomic E-state index is 0.0275. The molecule has 184 valence electrons. The van der Waals surface area contributed by atoms with Crippen LogP contribution in [0.15, 0.2) is 70.8 Å². The van der Waals surface area contributed by atoms with E-state index in [4.69, 9.17) is 4.74 Å². The van der Waals surface area contributed by atoms with E-state index in [-0.39, 0.29) is 39.9 Å². The quantitative estimate of drug-likeness (QED) is 0.148. The van der Waals surface area contributed by atoms with Crippen LogP contribution in [0.5, 0.6) is 0 Å². The van der Waals surface area contributed by atoms with Crippen molar-refractivity contribution in [1.29, 1.82) is 5.26 Å². The molecule has 0 aliphatic carbocycles. The first-order valence-electron chi connectivity index (χ1n) is 11.0. The largest absolute Gasteiger partial charge is 0.385 e. The molecular formula is C25H24N6O5. The third-order valence-electron chi connectivity index (χ3n) is 5.29. The van der Waals surface area contributed by atoms with E-state index in [0.717, 1.165) is 5.56 Å². The Morgan fingerprint density at radius 3 is 2.83 bits per heavy atom. The molecule has 0 atom stereocenters. The predicted molar refractivity (Wildman–Crippen MR) is 133 cm³/mol. The van der Waals surface area contributed by atoms with E-state index < -0.39 is 17.3 Å². The monoisotopic (exact) mass is 488 g/mol. The number of rotatable bonds is 9. The van der Waals surface area contributed by atoms with E-state index in [1.807, 2.05) is 19.1 Å². The number of nitro groups is 1. The number of aromatic nitrogens is 3. The van der Waals surface area contributed by atoms with Crippen LogP contribution >= 0.6 is 0 Å². The number of carbonyl (C=O) groups is 1. The van der Waals surface area contributed by atoms with Crippen LogP contribution in [0.25, 0.3) is 16.7 Å². The van der Waals surface area contributed by atoms with Crippen molar-refractivity contribution in [3.63, 3.8) is 0 Å². The lowest BCUT2D eigenvalue weighted by molar-refractivity contribution is -0.426. The number of hydrogen-bond donors (Lipinski definition) is 0. The number of fused-ring (bicyclic) bond motifs is 2. The fourth-order valence-corrected chi connectivity index (χ4v) is 3.61. The lowest BCUT2D eigenvalue weighted by Crippen LogP contribution is -2.30. The molecule has 11 heteroatoms. The molecule has 0 saturated heterocycles. The summed E-state index contributed by atoms with van der Waals surface area (Å²) in [6.45, 7) is 5.91. The Bertz CT molecular complexity index is 1590. The Hall–Kier alpha value is -4.69. The van der Waals surface area contributed by atoms with Gasteiger partial charge in [0.25, 0.3) is 17.2 Å². The highest BCUT2D eigenvalue weighted by Gasteiger charge is 2.18. The van der Waals surface area contributed by atoms with Gasteiger partial charge in [-0.2, -0.15) is 10.3 Å². The minimum Gasteiger partial charge on any atom is -0.385 e. The molecule has 0 aromatic carbocycles. The second-order valence-corrected chi connectivity index (χ2v) is 7.75. The van der Waals surface area contributed by atoms with Gasteiger partial charge in [0.05, 0.1) is 15.9 Å². The van der Waals surface area contributed by atoms with Crippen molar-refractivity contribution in [1.82, 2.24) is 14.0 Å². The number of nitriles is 1. The Labute approximate surface area is 205 Å². The Morgan fingerprint density at radius 1 is 1.39 bits per heavy atom. The van der Waals surface area contributed by atoms with Gasteiger partial charge in [0, 0.05) is 32.5 Å². The predicted octanol–water partition coefficient (Wildman–Crippen LogP) is 2.59. The number of carbonyl (C=O) groups excluding carboxylic acids is 1. The summed E-state index contributed by atoms with van der Waals surface area (Å²) in [5.74, 6) is -0.824. The van der Waals surface area contributed by atoms with Crippen molar-refractivity contribution in [2.45, 2.75) is 26.3 Å². The molecule has 0 N–H and O–H groups in total. The van der Waals surface area contributed by atoms with E-state index in [2.05, 4.69) is 16.6 Å². The van der Waals surface area contributed by atoms with Gasteiger partial charge in [0.1, 0.15) is 23.8 Å². The molecule has 3 rings (SSSR count). The topological polar surface area (TPSA) is 145 Å². The van der Waals surface area contributed by atoms with Gasteiger partial charge in [-0.15, -0.1) is 0 Å². The summed E-state index contributed by atoms with van der Waals surface area (Å²) in [6, 6.07) is 6.86. The van der Waals surface area contributed by atoms with E-state index in [0.29, 0.717) is 18.7 Å². The standard InChI is InChI=1S/C25H24N6O5/c1-4-5-6-10-19(31(34)35)15-21(32)27-23-18(16-26)14-20-24(29(23)12-8-13-36-3)28-22-17(2)9-7-11-30(22)25(20)33/h4-7,9-11,14H,1,8,12-13,15H2,2-3H3/b6-5+,19-10-,27-23?. The van der Waals surface area contributed by atoms with Gasteiger partial charge < -0.3 is 9.30 Å². The summed E-state index contributed by atoms with van der Waals surface area (Å²) in [5.41, 5.74) is 0.622. The Morgan fingerprint density at radius 2 is 2.17 bits per heavy atom. The van der Waals surface area contributed by atoms with Gasteiger partial charge in [-0.25, -0.2) is 4.98 Å². The number of amides is 1. The van der Waals surface area contributed by atoms with Crippen molar-refractivity contribution in [3.05, 3.63) is 98.1 Å².